The first kappa shape index (κ1) is 14.3. The first-order valence-electron chi connectivity index (χ1n) is 7.39. The molecule has 0 radical (unpaired) electrons. The van der Waals surface area contributed by atoms with Crippen molar-refractivity contribution >= 4 is 33.5 Å². The number of hydrogen-bond acceptors (Lipinski definition) is 2. The van der Waals surface area contributed by atoms with Crippen molar-refractivity contribution in [2.24, 2.45) is 0 Å². The van der Waals surface area contributed by atoms with E-state index in [4.69, 9.17) is 9.97 Å². The van der Waals surface area contributed by atoms with Crippen molar-refractivity contribution in [1.82, 2.24) is 9.97 Å². The van der Waals surface area contributed by atoms with Crippen molar-refractivity contribution in [2.75, 3.05) is 0 Å². The number of halogens is 1. The molecule has 1 heterocycles. The van der Waals surface area contributed by atoms with Crippen LogP contribution in [0.25, 0.3) is 33.5 Å². The van der Waals surface area contributed by atoms with E-state index in [1.165, 1.54) is 3.57 Å². The van der Waals surface area contributed by atoms with Crippen LogP contribution in [-0.4, -0.2) is 9.97 Å². The van der Waals surface area contributed by atoms with Crippen molar-refractivity contribution < 1.29 is 0 Å². The quantitative estimate of drug-likeness (QED) is 0.406. The van der Waals surface area contributed by atoms with Crippen molar-refractivity contribution in [3.63, 3.8) is 0 Å². The maximum absolute atomic E-state index is 4.87. The van der Waals surface area contributed by atoms with E-state index in [0.29, 0.717) is 0 Å². The Labute approximate surface area is 148 Å². The fraction of sp³-hybridized carbons (Fsp3) is 0. The lowest BCUT2D eigenvalue weighted by molar-refractivity contribution is 1.23. The second kappa shape index (κ2) is 6.08. The molecule has 0 bridgehead atoms. The zero-order chi connectivity index (χ0) is 15.6. The zero-order valence-electron chi connectivity index (χ0n) is 12.3. The topological polar surface area (TPSA) is 25.8 Å². The van der Waals surface area contributed by atoms with Gasteiger partial charge in [0.25, 0.3) is 0 Å². The molecule has 0 aliphatic rings. The summed E-state index contributed by atoms with van der Waals surface area (Å²) in [5.41, 5.74) is 4.10. The predicted molar refractivity (Wildman–Crippen MR) is 103 cm³/mol. The van der Waals surface area contributed by atoms with E-state index in [1.807, 2.05) is 42.5 Å². The molecule has 0 fully saturated rings. The molecule has 0 unspecified atom stereocenters. The molecule has 23 heavy (non-hydrogen) atoms. The third kappa shape index (κ3) is 2.84. The summed E-state index contributed by atoms with van der Waals surface area (Å²) in [5.74, 6) is 0.765. The fourth-order valence-corrected chi connectivity index (χ4v) is 3.19. The van der Waals surface area contributed by atoms with E-state index in [-0.39, 0.29) is 0 Å². The SMILES string of the molecule is Ic1cccc(-c2nc(-c3ccccc3)c3ccccc3n2)c1. The summed E-state index contributed by atoms with van der Waals surface area (Å²) in [6, 6.07) is 26.7. The van der Waals surface area contributed by atoms with Crippen LogP contribution in [0.4, 0.5) is 0 Å². The summed E-state index contributed by atoms with van der Waals surface area (Å²) in [4.78, 5) is 9.63. The van der Waals surface area contributed by atoms with Crippen LogP contribution >= 0.6 is 22.6 Å². The van der Waals surface area contributed by atoms with Crippen LogP contribution in [0.1, 0.15) is 0 Å². The second-order valence-electron chi connectivity index (χ2n) is 5.29. The van der Waals surface area contributed by atoms with Gasteiger partial charge in [0, 0.05) is 20.1 Å². The molecule has 0 saturated carbocycles. The first-order valence-corrected chi connectivity index (χ1v) is 8.47. The van der Waals surface area contributed by atoms with Crippen LogP contribution in [0.15, 0.2) is 78.9 Å². The van der Waals surface area contributed by atoms with Gasteiger partial charge in [-0.3, -0.25) is 0 Å². The minimum absolute atomic E-state index is 0.765. The summed E-state index contributed by atoms with van der Waals surface area (Å²) >= 11 is 2.31. The van der Waals surface area contributed by atoms with Crippen molar-refractivity contribution in [3.05, 3.63) is 82.4 Å². The lowest BCUT2D eigenvalue weighted by Gasteiger charge is -2.09. The number of rotatable bonds is 2. The summed E-state index contributed by atoms with van der Waals surface area (Å²) in [7, 11) is 0. The van der Waals surface area contributed by atoms with Crippen molar-refractivity contribution in [3.8, 4) is 22.6 Å². The number of nitrogens with zero attached hydrogens (tertiary/aromatic N) is 2. The molecule has 0 N–H and O–H groups in total. The van der Waals surface area contributed by atoms with Gasteiger partial charge in [-0.25, -0.2) is 9.97 Å². The number of hydrogen-bond donors (Lipinski definition) is 0. The molecular weight excluding hydrogens is 395 g/mol. The first-order chi connectivity index (χ1) is 11.3. The van der Waals surface area contributed by atoms with E-state index >= 15 is 0 Å². The summed E-state index contributed by atoms with van der Waals surface area (Å²) in [5, 5.41) is 1.08. The molecule has 2 nitrogen and oxygen atoms in total. The van der Waals surface area contributed by atoms with Gasteiger partial charge in [0.1, 0.15) is 0 Å². The van der Waals surface area contributed by atoms with Gasteiger partial charge < -0.3 is 0 Å². The van der Waals surface area contributed by atoms with Gasteiger partial charge in [-0.05, 0) is 40.8 Å². The highest BCUT2D eigenvalue weighted by Crippen LogP contribution is 2.29. The Morgan fingerprint density at radius 2 is 1.39 bits per heavy atom. The van der Waals surface area contributed by atoms with Gasteiger partial charge in [0.2, 0.25) is 0 Å². The normalized spacial score (nSPS) is 10.8. The van der Waals surface area contributed by atoms with Crippen LogP contribution in [-0.2, 0) is 0 Å². The highest BCUT2D eigenvalue weighted by Gasteiger charge is 2.10. The van der Waals surface area contributed by atoms with Gasteiger partial charge in [0.05, 0.1) is 11.2 Å². The Morgan fingerprint density at radius 3 is 2.22 bits per heavy atom. The van der Waals surface area contributed by atoms with Crippen LogP contribution in [0, 0.1) is 3.57 Å². The molecule has 0 atom stereocenters. The Hall–Kier alpha value is -2.27. The van der Waals surface area contributed by atoms with Crippen LogP contribution < -0.4 is 0 Å². The number of benzene rings is 3. The minimum atomic E-state index is 0.765. The zero-order valence-corrected chi connectivity index (χ0v) is 14.4. The van der Waals surface area contributed by atoms with Crippen LogP contribution in [0.3, 0.4) is 0 Å². The monoisotopic (exact) mass is 408 g/mol. The van der Waals surface area contributed by atoms with E-state index in [1.54, 1.807) is 0 Å². The van der Waals surface area contributed by atoms with E-state index in [9.17, 15) is 0 Å². The van der Waals surface area contributed by atoms with Gasteiger partial charge in [-0.15, -0.1) is 0 Å². The molecule has 0 aliphatic heterocycles. The van der Waals surface area contributed by atoms with Crippen molar-refractivity contribution in [1.29, 1.82) is 0 Å². The highest BCUT2D eigenvalue weighted by molar-refractivity contribution is 14.1. The second-order valence-corrected chi connectivity index (χ2v) is 6.53. The molecule has 110 valence electrons. The Morgan fingerprint density at radius 1 is 0.652 bits per heavy atom. The Balaban J connectivity index is 2.01. The predicted octanol–water partition coefficient (Wildman–Crippen LogP) is 5.57. The molecule has 0 saturated heterocycles. The largest absolute Gasteiger partial charge is 0.228 e. The van der Waals surface area contributed by atoms with E-state index in [0.717, 1.165) is 33.5 Å². The molecule has 0 amide bonds. The molecule has 3 aromatic carbocycles. The van der Waals surface area contributed by atoms with Gasteiger partial charge >= 0.3 is 0 Å². The molecule has 0 aliphatic carbocycles. The number of aromatic nitrogens is 2. The minimum Gasteiger partial charge on any atom is -0.228 e. The summed E-state index contributed by atoms with van der Waals surface area (Å²) < 4.78 is 1.18. The fourth-order valence-electron chi connectivity index (χ4n) is 2.65. The smallest absolute Gasteiger partial charge is 0.160 e. The Kier molecular flexibility index (Phi) is 3.79. The summed E-state index contributed by atoms with van der Waals surface area (Å²) in [6.07, 6.45) is 0. The molecule has 0 spiro atoms. The Bertz CT molecular complexity index is 981. The molecule has 3 heteroatoms. The van der Waals surface area contributed by atoms with E-state index in [2.05, 4.69) is 59.0 Å². The van der Waals surface area contributed by atoms with Gasteiger partial charge in [-0.1, -0.05) is 60.7 Å². The molecule has 1 aromatic heterocycles. The maximum Gasteiger partial charge on any atom is 0.160 e. The third-order valence-corrected chi connectivity index (χ3v) is 4.40. The molecular formula is C20H13IN2. The lowest BCUT2D eigenvalue weighted by atomic mass is 10.1. The third-order valence-electron chi connectivity index (χ3n) is 3.73. The van der Waals surface area contributed by atoms with E-state index < -0.39 is 0 Å². The molecule has 4 aromatic rings. The van der Waals surface area contributed by atoms with Crippen LogP contribution in [0.5, 0.6) is 0 Å². The standard InChI is InChI=1S/C20H13IN2/c21-16-10-6-9-15(13-16)20-22-18-12-5-4-11-17(18)19(23-20)14-7-2-1-3-8-14/h1-13H. The van der Waals surface area contributed by atoms with Crippen LogP contribution in [0.2, 0.25) is 0 Å². The molecule has 4 rings (SSSR count). The number of fused-ring (bicyclic) bond motifs is 1. The average Bonchev–Trinajstić information content (AvgIpc) is 2.61. The van der Waals surface area contributed by atoms with Gasteiger partial charge in [-0.2, -0.15) is 0 Å². The highest BCUT2D eigenvalue weighted by atomic mass is 127. The summed E-state index contributed by atoms with van der Waals surface area (Å²) in [6.45, 7) is 0. The maximum atomic E-state index is 4.87. The van der Waals surface area contributed by atoms with Gasteiger partial charge in [0.15, 0.2) is 5.82 Å². The average molecular weight is 408 g/mol. The lowest BCUT2D eigenvalue weighted by Crippen LogP contribution is -1.95. The van der Waals surface area contributed by atoms with Crippen molar-refractivity contribution in [2.45, 2.75) is 0 Å². The number of para-hydroxylation sites is 1.